The molecule has 1 saturated heterocycles. The molecule has 0 spiro atoms. The van der Waals surface area contributed by atoms with Gasteiger partial charge < -0.3 is 14.6 Å². The number of hydrogen-bond donors (Lipinski definition) is 1. The molecule has 3 heterocycles. The lowest BCUT2D eigenvalue weighted by molar-refractivity contribution is -0.138. The Morgan fingerprint density at radius 1 is 1.35 bits per heavy atom. The van der Waals surface area contributed by atoms with Crippen LogP contribution in [0.15, 0.2) is 42.7 Å². The second-order valence-corrected chi connectivity index (χ2v) is 8.77. The molecular weight excluding hydrogens is 427 g/mol. The van der Waals surface area contributed by atoms with E-state index in [0.717, 1.165) is 40.4 Å². The summed E-state index contributed by atoms with van der Waals surface area (Å²) in [6, 6.07) is 7.75. The van der Waals surface area contributed by atoms with Crippen molar-refractivity contribution in [2.45, 2.75) is 32.5 Å². The zero-order valence-electron chi connectivity index (χ0n) is 17.1. The van der Waals surface area contributed by atoms with E-state index in [1.807, 2.05) is 30.2 Å². The normalized spacial score (nSPS) is 17.8. The van der Waals surface area contributed by atoms with Gasteiger partial charge in [-0.3, -0.25) is 4.79 Å². The molecule has 1 amide bonds. The largest absolute Gasteiger partial charge is 0.439 e. The summed E-state index contributed by atoms with van der Waals surface area (Å²) < 4.78 is 43.8. The predicted octanol–water partition coefficient (Wildman–Crippen LogP) is 5.47. The van der Waals surface area contributed by atoms with E-state index in [1.165, 1.54) is 6.07 Å². The molecule has 9 heteroatoms. The fourth-order valence-corrected chi connectivity index (χ4v) is 4.84. The Hall–Kier alpha value is -2.68. The fraction of sp³-hybridized carbons (Fsp3) is 0.364. The molecule has 0 bridgehead atoms. The molecule has 5 nitrogen and oxygen atoms in total. The van der Waals surface area contributed by atoms with Gasteiger partial charge in [0.1, 0.15) is 5.75 Å². The van der Waals surface area contributed by atoms with Crippen molar-refractivity contribution < 1.29 is 22.7 Å². The minimum atomic E-state index is -4.44. The summed E-state index contributed by atoms with van der Waals surface area (Å²) in [5, 5.41) is 0.910. The van der Waals surface area contributed by atoms with Crippen LogP contribution in [0.25, 0.3) is 10.9 Å². The van der Waals surface area contributed by atoms with E-state index in [9.17, 15) is 18.0 Å². The fourth-order valence-electron chi connectivity index (χ4n) is 3.64. The van der Waals surface area contributed by atoms with Crippen LogP contribution in [-0.2, 0) is 17.4 Å². The first-order valence-electron chi connectivity index (χ1n) is 9.91. The molecule has 2 atom stereocenters. The van der Waals surface area contributed by atoms with Crippen LogP contribution in [0.5, 0.6) is 11.6 Å². The van der Waals surface area contributed by atoms with Crippen LogP contribution in [0.1, 0.15) is 25.0 Å². The Labute approximate surface area is 182 Å². The molecule has 31 heavy (non-hydrogen) atoms. The number of pyridine rings is 1. The molecule has 4 rings (SSSR count). The quantitative estimate of drug-likeness (QED) is 0.561. The number of benzene rings is 1. The van der Waals surface area contributed by atoms with Crippen molar-refractivity contribution in [1.29, 1.82) is 0 Å². The van der Waals surface area contributed by atoms with Gasteiger partial charge in [0.25, 0.3) is 0 Å². The average molecular weight is 449 g/mol. The first-order valence-corrected chi connectivity index (χ1v) is 11.1. The molecule has 0 unspecified atom stereocenters. The Bertz CT molecular complexity index is 1080. The molecule has 3 aromatic rings. The Morgan fingerprint density at radius 2 is 2.16 bits per heavy atom. The smallest absolute Gasteiger partial charge is 0.417 e. The maximum Gasteiger partial charge on any atom is 0.417 e. The van der Waals surface area contributed by atoms with E-state index >= 15 is 0 Å². The van der Waals surface area contributed by atoms with Gasteiger partial charge in [-0.05, 0) is 43.2 Å². The third-order valence-electron chi connectivity index (χ3n) is 5.38. The molecule has 1 fully saturated rings. The number of aromatic nitrogens is 2. The summed E-state index contributed by atoms with van der Waals surface area (Å²) >= 11 is 1.77. The van der Waals surface area contributed by atoms with Gasteiger partial charge in [-0.25, -0.2) is 4.98 Å². The summed E-state index contributed by atoms with van der Waals surface area (Å²) in [6.45, 7) is 4.00. The molecule has 1 aromatic carbocycles. The maximum atomic E-state index is 12.8. The highest BCUT2D eigenvalue weighted by Crippen LogP contribution is 2.32. The second kappa shape index (κ2) is 8.45. The van der Waals surface area contributed by atoms with E-state index < -0.39 is 11.7 Å². The van der Waals surface area contributed by atoms with E-state index in [4.69, 9.17) is 4.74 Å². The Morgan fingerprint density at radius 3 is 2.81 bits per heavy atom. The molecule has 164 valence electrons. The number of carbonyl (C=O) groups excluding carboxylic acids is 1. The molecule has 2 aromatic heterocycles. The van der Waals surface area contributed by atoms with Crippen LogP contribution >= 0.6 is 11.8 Å². The molecule has 1 aliphatic rings. The lowest BCUT2D eigenvalue weighted by atomic mass is 9.99. The van der Waals surface area contributed by atoms with Gasteiger partial charge in [-0.1, -0.05) is 6.92 Å². The van der Waals surface area contributed by atoms with Crippen LogP contribution in [0.2, 0.25) is 0 Å². The number of ether oxygens (including phenoxy) is 1. The standard InChI is InChI=1S/C22H22F3N3O2S/c1-13(21(29)28-12-31-11-14(28)2)7-15-9-26-19-5-4-17(8-18(15)19)30-20-6-3-16(10-27-20)22(23,24)25/h3-6,8-10,13-14,26H,7,11-12H2,1-2H3/t13-,14-/m0/s1. The Kier molecular flexibility index (Phi) is 5.88. The van der Waals surface area contributed by atoms with Gasteiger partial charge in [0, 0.05) is 47.1 Å². The van der Waals surface area contributed by atoms with Gasteiger partial charge >= 0.3 is 6.18 Å². The summed E-state index contributed by atoms with van der Waals surface area (Å²) in [5.74, 6) is 2.22. The van der Waals surface area contributed by atoms with Crippen LogP contribution in [0.4, 0.5) is 13.2 Å². The topological polar surface area (TPSA) is 58.2 Å². The number of fused-ring (bicyclic) bond motifs is 1. The molecule has 1 N–H and O–H groups in total. The van der Waals surface area contributed by atoms with Gasteiger partial charge in [-0.15, -0.1) is 11.8 Å². The van der Waals surface area contributed by atoms with E-state index in [1.54, 1.807) is 17.8 Å². The number of thioether (sulfide) groups is 1. The lowest BCUT2D eigenvalue weighted by Crippen LogP contribution is -2.38. The number of halogens is 3. The molecule has 0 radical (unpaired) electrons. The summed E-state index contributed by atoms with van der Waals surface area (Å²) in [7, 11) is 0. The molecule has 0 aliphatic carbocycles. The van der Waals surface area contributed by atoms with Gasteiger partial charge in [0.05, 0.1) is 11.4 Å². The number of aromatic amines is 1. The third kappa shape index (κ3) is 4.66. The number of amides is 1. The van der Waals surface area contributed by atoms with Crippen molar-refractivity contribution in [3.05, 3.63) is 53.9 Å². The summed E-state index contributed by atoms with van der Waals surface area (Å²) in [6.07, 6.45) is -1.23. The number of H-pyrrole nitrogens is 1. The van der Waals surface area contributed by atoms with Crippen molar-refractivity contribution in [3.8, 4) is 11.6 Å². The lowest BCUT2D eigenvalue weighted by Gasteiger charge is -2.24. The van der Waals surface area contributed by atoms with Crippen molar-refractivity contribution in [2.75, 3.05) is 11.6 Å². The highest BCUT2D eigenvalue weighted by Gasteiger charge is 2.31. The van der Waals surface area contributed by atoms with E-state index in [-0.39, 0.29) is 23.7 Å². The number of nitrogens with one attached hydrogen (secondary N) is 1. The molecular formula is C22H22F3N3O2S. The predicted molar refractivity (Wildman–Crippen MR) is 114 cm³/mol. The van der Waals surface area contributed by atoms with E-state index in [2.05, 4.69) is 16.9 Å². The third-order valence-corrected chi connectivity index (χ3v) is 6.56. The SMILES string of the molecule is C[C@@H](Cc1c[nH]c2ccc(Oc3ccc(C(F)(F)F)cn3)cc12)C(=O)N1CSC[C@@H]1C. The number of nitrogens with zero attached hydrogens (tertiary/aromatic N) is 2. The maximum absolute atomic E-state index is 12.8. The average Bonchev–Trinajstić information content (AvgIpc) is 3.33. The van der Waals surface area contributed by atoms with Crippen LogP contribution in [0.3, 0.4) is 0 Å². The van der Waals surface area contributed by atoms with Crippen LogP contribution < -0.4 is 4.74 Å². The van der Waals surface area contributed by atoms with Gasteiger partial charge in [-0.2, -0.15) is 13.2 Å². The zero-order chi connectivity index (χ0) is 22.2. The van der Waals surface area contributed by atoms with Crippen molar-refractivity contribution >= 4 is 28.6 Å². The van der Waals surface area contributed by atoms with Crippen molar-refractivity contribution in [3.63, 3.8) is 0 Å². The monoisotopic (exact) mass is 449 g/mol. The highest BCUT2D eigenvalue weighted by molar-refractivity contribution is 7.99. The highest BCUT2D eigenvalue weighted by atomic mass is 32.2. The van der Waals surface area contributed by atoms with Crippen molar-refractivity contribution in [2.24, 2.45) is 5.92 Å². The van der Waals surface area contributed by atoms with Crippen LogP contribution in [-0.4, -0.2) is 38.4 Å². The van der Waals surface area contributed by atoms with Crippen LogP contribution in [0, 0.1) is 5.92 Å². The number of alkyl halides is 3. The number of hydrogen-bond acceptors (Lipinski definition) is 4. The van der Waals surface area contributed by atoms with Gasteiger partial charge in [0.15, 0.2) is 0 Å². The first-order chi connectivity index (χ1) is 14.7. The summed E-state index contributed by atoms with van der Waals surface area (Å²) in [4.78, 5) is 21.7. The molecule has 1 aliphatic heterocycles. The zero-order valence-corrected chi connectivity index (χ0v) is 17.9. The second-order valence-electron chi connectivity index (χ2n) is 7.77. The first kappa shape index (κ1) is 21.5. The van der Waals surface area contributed by atoms with Crippen molar-refractivity contribution in [1.82, 2.24) is 14.9 Å². The minimum absolute atomic E-state index is 0.0773. The van der Waals surface area contributed by atoms with E-state index in [0.29, 0.717) is 12.2 Å². The Balaban J connectivity index is 1.50. The van der Waals surface area contributed by atoms with Gasteiger partial charge in [0.2, 0.25) is 11.8 Å². The molecule has 0 saturated carbocycles. The number of rotatable bonds is 5. The number of carbonyl (C=O) groups is 1. The summed E-state index contributed by atoms with van der Waals surface area (Å²) in [5.41, 5.74) is 1.06. The minimum Gasteiger partial charge on any atom is -0.439 e.